The third kappa shape index (κ3) is 2.56. The average molecular weight is 227 g/mol. The molecule has 0 aromatic carbocycles. The Hall–Kier alpha value is -2.38. The zero-order valence-corrected chi connectivity index (χ0v) is 8.26. The Morgan fingerprint density at radius 1 is 1.56 bits per heavy atom. The fourth-order valence-corrected chi connectivity index (χ4v) is 0.959. The molecule has 0 unspecified atom stereocenters. The number of aromatic nitrogens is 1. The molecule has 8 nitrogen and oxygen atoms in total. The molecule has 0 saturated carbocycles. The minimum absolute atomic E-state index is 0.0557. The summed E-state index contributed by atoms with van der Waals surface area (Å²) in [4.78, 5) is 33.7. The first kappa shape index (κ1) is 11.7. The maximum absolute atomic E-state index is 11.4. The Morgan fingerprint density at radius 3 is 2.62 bits per heavy atom. The molecular weight excluding hydrogens is 218 g/mol. The Labute approximate surface area is 89.4 Å². The standard InChI is InChI=1S/C8H9N3O5/c1-4(8(13)14)9-7(12)5-2-3-6(10-5)11(15)16/h2-4,10H,1H3,(H,9,12)(H,13,14)/t4-/m0/s1. The summed E-state index contributed by atoms with van der Waals surface area (Å²) in [5, 5.41) is 21.0. The van der Waals surface area contributed by atoms with Crippen molar-refractivity contribution in [3.05, 3.63) is 27.9 Å². The van der Waals surface area contributed by atoms with Crippen LogP contribution in [0.25, 0.3) is 0 Å². The highest BCUT2D eigenvalue weighted by molar-refractivity contribution is 5.95. The summed E-state index contributed by atoms with van der Waals surface area (Å²) in [6, 6.07) is 1.28. The molecule has 1 atom stereocenters. The Morgan fingerprint density at radius 2 is 2.19 bits per heavy atom. The summed E-state index contributed by atoms with van der Waals surface area (Å²) in [5.41, 5.74) is -0.0557. The summed E-state index contributed by atoms with van der Waals surface area (Å²) in [7, 11) is 0. The molecule has 1 aromatic rings. The smallest absolute Gasteiger partial charge is 0.325 e. The molecule has 1 heterocycles. The molecule has 0 radical (unpaired) electrons. The molecule has 0 bridgehead atoms. The number of aliphatic carboxylic acids is 1. The van der Waals surface area contributed by atoms with Gasteiger partial charge in [0.05, 0.1) is 0 Å². The van der Waals surface area contributed by atoms with E-state index in [4.69, 9.17) is 5.11 Å². The van der Waals surface area contributed by atoms with Crippen molar-refractivity contribution in [3.8, 4) is 0 Å². The van der Waals surface area contributed by atoms with Gasteiger partial charge in [-0.15, -0.1) is 0 Å². The van der Waals surface area contributed by atoms with Crippen molar-refractivity contribution < 1.29 is 19.6 Å². The van der Waals surface area contributed by atoms with Crippen LogP contribution >= 0.6 is 0 Å². The highest BCUT2D eigenvalue weighted by atomic mass is 16.6. The van der Waals surface area contributed by atoms with Gasteiger partial charge in [-0.2, -0.15) is 0 Å². The topological polar surface area (TPSA) is 125 Å². The van der Waals surface area contributed by atoms with E-state index in [0.29, 0.717) is 0 Å². The zero-order valence-electron chi connectivity index (χ0n) is 8.26. The van der Waals surface area contributed by atoms with E-state index in [2.05, 4.69) is 10.3 Å². The summed E-state index contributed by atoms with van der Waals surface area (Å²) < 4.78 is 0. The SMILES string of the molecule is C[C@H](NC(=O)c1ccc([N+](=O)[O-])[nH]1)C(=O)O. The number of H-pyrrole nitrogens is 1. The average Bonchev–Trinajstić information content (AvgIpc) is 2.65. The summed E-state index contributed by atoms with van der Waals surface area (Å²) >= 11 is 0. The molecule has 0 aliphatic carbocycles. The molecule has 0 fully saturated rings. The highest BCUT2D eigenvalue weighted by Gasteiger charge is 2.19. The number of nitro groups is 1. The molecule has 86 valence electrons. The van der Waals surface area contributed by atoms with Crippen molar-refractivity contribution in [3.63, 3.8) is 0 Å². The second-order valence-electron chi connectivity index (χ2n) is 3.05. The van der Waals surface area contributed by atoms with E-state index in [1.165, 1.54) is 13.0 Å². The van der Waals surface area contributed by atoms with E-state index >= 15 is 0 Å². The van der Waals surface area contributed by atoms with Gasteiger partial charge in [-0.1, -0.05) is 0 Å². The van der Waals surface area contributed by atoms with E-state index in [-0.39, 0.29) is 11.5 Å². The number of carbonyl (C=O) groups is 2. The molecule has 0 spiro atoms. The number of nitrogens with zero attached hydrogens (tertiary/aromatic N) is 1. The van der Waals surface area contributed by atoms with Crippen LogP contribution in [0, 0.1) is 10.1 Å². The lowest BCUT2D eigenvalue weighted by Crippen LogP contribution is -2.38. The first-order chi connectivity index (χ1) is 7.41. The van der Waals surface area contributed by atoms with Gasteiger partial charge in [-0.05, 0) is 17.9 Å². The Kier molecular flexibility index (Phi) is 3.24. The van der Waals surface area contributed by atoms with Crippen molar-refractivity contribution in [1.29, 1.82) is 0 Å². The van der Waals surface area contributed by atoms with E-state index in [9.17, 15) is 19.7 Å². The van der Waals surface area contributed by atoms with Crippen LogP contribution in [0.4, 0.5) is 5.82 Å². The van der Waals surface area contributed by atoms with Crippen LogP contribution in [0.2, 0.25) is 0 Å². The van der Waals surface area contributed by atoms with Crippen molar-refractivity contribution in [2.75, 3.05) is 0 Å². The van der Waals surface area contributed by atoms with Crippen LogP contribution in [0.1, 0.15) is 17.4 Å². The Balaban J connectivity index is 2.73. The molecule has 0 aliphatic heterocycles. The molecular formula is C8H9N3O5. The highest BCUT2D eigenvalue weighted by Crippen LogP contribution is 2.09. The molecule has 3 N–H and O–H groups in total. The minimum Gasteiger partial charge on any atom is -0.480 e. The molecule has 1 rings (SSSR count). The van der Waals surface area contributed by atoms with Crippen LogP contribution < -0.4 is 5.32 Å². The van der Waals surface area contributed by atoms with Crippen LogP contribution in [0.3, 0.4) is 0 Å². The Bertz CT molecular complexity index is 439. The number of nitrogens with one attached hydrogen (secondary N) is 2. The lowest BCUT2D eigenvalue weighted by Gasteiger charge is -2.06. The number of amides is 1. The van der Waals surface area contributed by atoms with Crippen LogP contribution in [0.5, 0.6) is 0 Å². The predicted molar refractivity (Wildman–Crippen MR) is 52.0 cm³/mol. The van der Waals surface area contributed by atoms with E-state index in [1.807, 2.05) is 0 Å². The monoisotopic (exact) mass is 227 g/mol. The first-order valence-electron chi connectivity index (χ1n) is 4.29. The number of hydrogen-bond donors (Lipinski definition) is 3. The fraction of sp³-hybridized carbons (Fsp3) is 0.250. The second kappa shape index (κ2) is 4.43. The molecule has 16 heavy (non-hydrogen) atoms. The molecule has 8 heteroatoms. The van der Waals surface area contributed by atoms with Crippen molar-refractivity contribution >= 4 is 17.7 Å². The van der Waals surface area contributed by atoms with Crippen LogP contribution in [0.15, 0.2) is 12.1 Å². The summed E-state index contributed by atoms with van der Waals surface area (Å²) in [5.74, 6) is -2.22. The van der Waals surface area contributed by atoms with Crippen LogP contribution in [-0.2, 0) is 4.79 Å². The predicted octanol–water partition coefficient (Wildman–Crippen LogP) is 0.126. The largest absolute Gasteiger partial charge is 0.480 e. The van der Waals surface area contributed by atoms with Crippen molar-refractivity contribution in [1.82, 2.24) is 10.3 Å². The van der Waals surface area contributed by atoms with Gasteiger partial charge < -0.3 is 20.5 Å². The van der Waals surface area contributed by atoms with Crippen molar-refractivity contribution in [2.24, 2.45) is 0 Å². The lowest BCUT2D eigenvalue weighted by atomic mass is 10.3. The lowest BCUT2D eigenvalue weighted by molar-refractivity contribution is -0.389. The minimum atomic E-state index is -1.19. The van der Waals surface area contributed by atoms with Gasteiger partial charge in [0.1, 0.15) is 6.04 Å². The molecule has 0 saturated heterocycles. The van der Waals surface area contributed by atoms with Crippen molar-refractivity contribution in [2.45, 2.75) is 13.0 Å². The van der Waals surface area contributed by atoms with Gasteiger partial charge >= 0.3 is 11.8 Å². The fourth-order valence-electron chi connectivity index (χ4n) is 0.959. The summed E-state index contributed by atoms with van der Waals surface area (Å²) in [6.07, 6.45) is 0. The van der Waals surface area contributed by atoms with Gasteiger partial charge in [-0.3, -0.25) is 9.59 Å². The van der Waals surface area contributed by atoms with Gasteiger partial charge in [0.15, 0.2) is 5.69 Å². The van der Waals surface area contributed by atoms with Gasteiger partial charge in [-0.25, -0.2) is 4.98 Å². The number of hydrogen-bond acceptors (Lipinski definition) is 4. The maximum Gasteiger partial charge on any atom is 0.325 e. The number of carboxylic acids is 1. The second-order valence-corrected chi connectivity index (χ2v) is 3.05. The third-order valence-electron chi connectivity index (χ3n) is 1.83. The number of carbonyl (C=O) groups excluding carboxylic acids is 1. The first-order valence-corrected chi connectivity index (χ1v) is 4.29. The number of aromatic amines is 1. The molecule has 1 amide bonds. The zero-order chi connectivity index (χ0) is 12.3. The summed E-state index contributed by atoms with van der Waals surface area (Å²) in [6.45, 7) is 1.29. The third-order valence-corrected chi connectivity index (χ3v) is 1.83. The van der Waals surface area contributed by atoms with E-state index in [0.717, 1.165) is 6.07 Å². The molecule has 1 aromatic heterocycles. The van der Waals surface area contributed by atoms with Crippen LogP contribution in [-0.4, -0.2) is 32.9 Å². The van der Waals surface area contributed by atoms with Gasteiger partial charge in [0.25, 0.3) is 5.91 Å². The van der Waals surface area contributed by atoms with E-state index < -0.39 is 22.8 Å². The number of rotatable bonds is 4. The van der Waals surface area contributed by atoms with Gasteiger partial charge in [0.2, 0.25) is 0 Å². The quantitative estimate of drug-likeness (QED) is 0.497. The van der Waals surface area contributed by atoms with E-state index in [1.54, 1.807) is 0 Å². The maximum atomic E-state index is 11.4. The number of carboxylic acid groups (broad SMARTS) is 1. The molecule has 0 aliphatic rings. The van der Waals surface area contributed by atoms with Gasteiger partial charge in [0, 0.05) is 6.07 Å². The normalized spacial score (nSPS) is 11.8.